The van der Waals surface area contributed by atoms with Crippen molar-refractivity contribution < 1.29 is 0 Å². The van der Waals surface area contributed by atoms with Gasteiger partial charge in [-0.2, -0.15) is 0 Å². The summed E-state index contributed by atoms with van der Waals surface area (Å²) in [6.45, 7) is 0. The van der Waals surface area contributed by atoms with E-state index in [0.29, 0.717) is 5.16 Å². The van der Waals surface area contributed by atoms with E-state index in [-0.39, 0.29) is 0 Å². The van der Waals surface area contributed by atoms with Gasteiger partial charge in [0.1, 0.15) is 5.52 Å². The number of nitrogens with zero attached hydrogens (tertiary/aromatic N) is 4. The number of rotatable bonds is 1. The van der Waals surface area contributed by atoms with E-state index in [2.05, 4.69) is 47.0 Å². The van der Waals surface area contributed by atoms with Crippen LogP contribution in [0, 0.1) is 0 Å². The summed E-state index contributed by atoms with van der Waals surface area (Å²) in [7, 11) is 1.99. The van der Waals surface area contributed by atoms with E-state index in [1.807, 2.05) is 30.0 Å². The van der Waals surface area contributed by atoms with Gasteiger partial charge in [0.15, 0.2) is 5.65 Å². The first-order valence-corrected chi connectivity index (χ1v) is 7.94. The first-order valence-electron chi connectivity index (χ1n) is 5.13. The Bertz CT molecular complexity index is 769. The van der Waals surface area contributed by atoms with Crippen molar-refractivity contribution >= 4 is 65.7 Å². The van der Waals surface area contributed by atoms with Crippen molar-refractivity contribution in [1.82, 2.24) is 19.7 Å². The van der Waals surface area contributed by atoms with E-state index in [9.17, 15) is 0 Å². The van der Waals surface area contributed by atoms with Gasteiger partial charge in [0, 0.05) is 21.4 Å². The van der Waals surface area contributed by atoms with Crippen molar-refractivity contribution in [2.24, 2.45) is 7.05 Å². The molecule has 3 rings (SSSR count). The van der Waals surface area contributed by atoms with Crippen LogP contribution in [-0.4, -0.2) is 26.0 Å². The summed E-state index contributed by atoms with van der Waals surface area (Å²) in [5, 5.41) is 10.1. The molecule has 0 aliphatic carbocycles. The molecule has 0 amide bonds. The second-order valence-electron chi connectivity index (χ2n) is 3.81. The third-order valence-corrected chi connectivity index (χ3v) is 4.37. The molecule has 0 aliphatic heterocycles. The lowest BCUT2D eigenvalue weighted by Crippen LogP contribution is -1.95. The molecule has 0 atom stereocenters. The molecule has 2 heterocycles. The Morgan fingerprint density at radius 3 is 2.72 bits per heavy atom. The summed E-state index contributed by atoms with van der Waals surface area (Å²) in [6.07, 6.45) is 1.94. The second kappa shape index (κ2) is 4.47. The van der Waals surface area contributed by atoms with Crippen LogP contribution in [0.2, 0.25) is 0 Å². The first kappa shape index (κ1) is 12.4. The van der Waals surface area contributed by atoms with Crippen LogP contribution in [0.15, 0.2) is 26.2 Å². The van der Waals surface area contributed by atoms with E-state index < -0.39 is 0 Å². The zero-order valence-electron chi connectivity index (χ0n) is 9.61. The monoisotopic (exact) mass is 386 g/mol. The van der Waals surface area contributed by atoms with Gasteiger partial charge in [-0.1, -0.05) is 27.7 Å². The lowest BCUT2D eigenvalue weighted by Gasteiger charge is -2.00. The lowest BCUT2D eigenvalue weighted by molar-refractivity contribution is 0.856. The number of fused-ring (bicyclic) bond motifs is 3. The maximum absolute atomic E-state index is 4.52. The topological polar surface area (TPSA) is 43.6 Å². The molecule has 0 N–H and O–H groups in total. The minimum atomic E-state index is 0.684. The Kier molecular flexibility index (Phi) is 3.07. The molecule has 2 aromatic heterocycles. The molecule has 0 bridgehead atoms. The molecular formula is C11H8Br2N4S. The van der Waals surface area contributed by atoms with E-state index in [1.165, 1.54) is 11.8 Å². The smallest absolute Gasteiger partial charge is 0.210 e. The number of aromatic nitrogens is 4. The number of hydrogen-bond acceptors (Lipinski definition) is 4. The summed E-state index contributed by atoms with van der Waals surface area (Å²) >= 11 is 8.57. The van der Waals surface area contributed by atoms with Gasteiger partial charge in [0.25, 0.3) is 0 Å². The van der Waals surface area contributed by atoms with Gasteiger partial charge in [-0.05, 0) is 34.3 Å². The molecule has 3 aromatic rings. The van der Waals surface area contributed by atoms with Crippen LogP contribution < -0.4 is 0 Å². The molecular weight excluding hydrogens is 380 g/mol. The molecule has 0 fully saturated rings. The van der Waals surface area contributed by atoms with E-state index in [1.54, 1.807) is 0 Å². The van der Waals surface area contributed by atoms with Crippen LogP contribution in [-0.2, 0) is 7.05 Å². The second-order valence-corrected chi connectivity index (χ2v) is 6.36. The fourth-order valence-electron chi connectivity index (χ4n) is 1.99. The van der Waals surface area contributed by atoms with Gasteiger partial charge in [0.2, 0.25) is 5.16 Å². The van der Waals surface area contributed by atoms with Gasteiger partial charge in [-0.15, -0.1) is 10.2 Å². The van der Waals surface area contributed by atoms with Crippen molar-refractivity contribution in [1.29, 1.82) is 0 Å². The zero-order chi connectivity index (χ0) is 12.9. The molecule has 0 saturated carbocycles. The minimum Gasteiger partial charge on any atom is -0.326 e. The van der Waals surface area contributed by atoms with Gasteiger partial charge >= 0.3 is 0 Å². The highest BCUT2D eigenvalue weighted by Crippen LogP contribution is 2.34. The largest absolute Gasteiger partial charge is 0.326 e. The summed E-state index contributed by atoms with van der Waals surface area (Å²) in [4.78, 5) is 4.52. The van der Waals surface area contributed by atoms with Gasteiger partial charge in [0.05, 0.1) is 5.52 Å². The van der Waals surface area contributed by atoms with Crippen molar-refractivity contribution in [2.75, 3.05) is 6.26 Å². The van der Waals surface area contributed by atoms with Crippen LogP contribution >= 0.6 is 43.6 Å². The molecule has 0 radical (unpaired) electrons. The molecule has 0 saturated heterocycles. The number of aryl methyl sites for hydroxylation is 1. The molecule has 1 aromatic carbocycles. The first-order chi connectivity index (χ1) is 8.61. The molecule has 0 unspecified atom stereocenters. The number of thioether (sulfide) groups is 1. The Hall–Kier alpha value is -0.660. The molecule has 92 valence electrons. The van der Waals surface area contributed by atoms with E-state index in [0.717, 1.165) is 31.0 Å². The lowest BCUT2D eigenvalue weighted by atomic mass is 10.2. The highest BCUT2D eigenvalue weighted by Gasteiger charge is 2.15. The average Bonchev–Trinajstić information content (AvgIpc) is 2.62. The van der Waals surface area contributed by atoms with Crippen LogP contribution in [0.1, 0.15) is 0 Å². The minimum absolute atomic E-state index is 0.684. The van der Waals surface area contributed by atoms with Crippen molar-refractivity contribution in [2.45, 2.75) is 5.16 Å². The van der Waals surface area contributed by atoms with Gasteiger partial charge < -0.3 is 4.57 Å². The Labute approximate surface area is 124 Å². The van der Waals surface area contributed by atoms with Crippen LogP contribution in [0.3, 0.4) is 0 Å². The predicted octanol–water partition coefficient (Wildman–Crippen LogP) is 3.76. The molecule has 18 heavy (non-hydrogen) atoms. The summed E-state index contributed by atoms with van der Waals surface area (Å²) < 4.78 is 4.06. The maximum atomic E-state index is 4.52. The third-order valence-electron chi connectivity index (χ3n) is 2.77. The molecule has 7 heteroatoms. The van der Waals surface area contributed by atoms with Gasteiger partial charge in [-0.25, -0.2) is 4.98 Å². The molecule has 0 spiro atoms. The third kappa shape index (κ3) is 1.76. The van der Waals surface area contributed by atoms with E-state index >= 15 is 0 Å². The zero-order valence-corrected chi connectivity index (χ0v) is 13.6. The van der Waals surface area contributed by atoms with Crippen molar-refractivity contribution in [3.8, 4) is 0 Å². The summed E-state index contributed by atoms with van der Waals surface area (Å²) in [6, 6.07) is 4.06. The number of benzene rings is 1. The fraction of sp³-hybridized carbons (Fsp3) is 0.182. The highest BCUT2D eigenvalue weighted by molar-refractivity contribution is 9.11. The SMILES string of the molecule is CSc1nnc2c3cc(Br)cc(Br)c3n(C)c2n1. The average molecular weight is 388 g/mol. The standard InChI is InChI=1S/C11H8Br2N4S/c1-17-9-6(3-5(12)4-7(9)13)8-10(17)14-11(18-2)16-15-8/h3-4H,1-2H3. The molecule has 0 aliphatic rings. The van der Waals surface area contributed by atoms with Gasteiger partial charge in [-0.3, -0.25) is 0 Å². The van der Waals surface area contributed by atoms with E-state index in [4.69, 9.17) is 0 Å². The Morgan fingerprint density at radius 2 is 2.00 bits per heavy atom. The summed E-state index contributed by atoms with van der Waals surface area (Å²) in [5.74, 6) is 0. The fourth-order valence-corrected chi connectivity index (χ4v) is 3.78. The predicted molar refractivity (Wildman–Crippen MR) is 81.0 cm³/mol. The maximum Gasteiger partial charge on any atom is 0.210 e. The Morgan fingerprint density at radius 1 is 1.22 bits per heavy atom. The Balaban J connectivity index is 2.53. The van der Waals surface area contributed by atoms with Crippen molar-refractivity contribution in [3.05, 3.63) is 21.1 Å². The quantitative estimate of drug-likeness (QED) is 0.596. The molecule has 4 nitrogen and oxygen atoms in total. The van der Waals surface area contributed by atoms with Crippen LogP contribution in [0.4, 0.5) is 0 Å². The summed E-state index contributed by atoms with van der Waals surface area (Å²) in [5.41, 5.74) is 2.75. The highest BCUT2D eigenvalue weighted by atomic mass is 79.9. The van der Waals surface area contributed by atoms with Crippen LogP contribution in [0.5, 0.6) is 0 Å². The van der Waals surface area contributed by atoms with Crippen molar-refractivity contribution in [3.63, 3.8) is 0 Å². The number of hydrogen-bond donors (Lipinski definition) is 0. The normalized spacial score (nSPS) is 11.6. The number of halogens is 2. The van der Waals surface area contributed by atoms with Crippen LogP contribution in [0.25, 0.3) is 22.1 Å².